The van der Waals surface area contributed by atoms with Crippen molar-refractivity contribution in [2.45, 2.75) is 25.2 Å². The lowest BCUT2D eigenvalue weighted by Gasteiger charge is -2.50. The maximum absolute atomic E-state index is 13.5. The fourth-order valence-electron chi connectivity index (χ4n) is 5.02. The molecule has 0 saturated carbocycles. The van der Waals surface area contributed by atoms with Crippen molar-refractivity contribution in [1.29, 1.82) is 0 Å². The second kappa shape index (κ2) is 5.97. The standard InChI is InChI=1S/C24H20ClNO/c1-24(23(27)26-21-13-7-6-12-20(21)25)14-19-15-8-2-4-10-17(15)22(24)18-11-5-3-9-16(18)19/h2-13,19,22H,14H2,1H3,(H,26,27)/t19?,22?,24-/m0/s1. The molecule has 2 nitrogen and oxygen atoms in total. The smallest absolute Gasteiger partial charge is 0.231 e. The normalized spacial score (nSPS) is 24.8. The summed E-state index contributed by atoms with van der Waals surface area (Å²) >= 11 is 6.28. The van der Waals surface area contributed by atoms with Gasteiger partial charge in [-0.25, -0.2) is 0 Å². The second-order valence-corrected chi connectivity index (χ2v) is 8.21. The highest BCUT2D eigenvalue weighted by Gasteiger charge is 2.53. The van der Waals surface area contributed by atoms with Gasteiger partial charge in [0, 0.05) is 11.8 Å². The molecule has 0 saturated heterocycles. The van der Waals surface area contributed by atoms with Gasteiger partial charge in [0.1, 0.15) is 0 Å². The number of amides is 1. The molecule has 1 amide bonds. The number of nitrogens with one attached hydrogen (secondary N) is 1. The minimum Gasteiger partial charge on any atom is -0.324 e. The van der Waals surface area contributed by atoms with Crippen LogP contribution in [0.15, 0.2) is 72.8 Å². The number of rotatable bonds is 2. The van der Waals surface area contributed by atoms with E-state index in [0.29, 0.717) is 10.7 Å². The van der Waals surface area contributed by atoms with Gasteiger partial charge in [-0.15, -0.1) is 0 Å². The molecule has 0 radical (unpaired) electrons. The number of carbonyl (C=O) groups excluding carboxylic acids is 1. The number of carbonyl (C=O) groups is 1. The van der Waals surface area contributed by atoms with E-state index in [1.165, 1.54) is 22.3 Å². The first kappa shape index (κ1) is 16.6. The number of halogens is 1. The third-order valence-corrected chi connectivity index (χ3v) is 6.60. The molecular formula is C24H20ClNO. The van der Waals surface area contributed by atoms with Crippen LogP contribution in [0.2, 0.25) is 5.02 Å². The van der Waals surface area contributed by atoms with E-state index in [9.17, 15) is 4.79 Å². The fourth-order valence-corrected chi connectivity index (χ4v) is 5.20. The third kappa shape index (κ3) is 2.36. The molecule has 3 aromatic rings. The molecule has 3 aromatic carbocycles. The van der Waals surface area contributed by atoms with Crippen molar-refractivity contribution in [2.24, 2.45) is 5.41 Å². The summed E-state index contributed by atoms with van der Waals surface area (Å²) in [5, 5.41) is 3.66. The summed E-state index contributed by atoms with van der Waals surface area (Å²) in [6.07, 6.45) is 0.808. The summed E-state index contributed by atoms with van der Waals surface area (Å²) in [4.78, 5) is 13.5. The summed E-state index contributed by atoms with van der Waals surface area (Å²) in [6.45, 7) is 2.10. The van der Waals surface area contributed by atoms with Crippen LogP contribution in [-0.4, -0.2) is 5.91 Å². The molecule has 0 spiro atoms. The van der Waals surface area contributed by atoms with E-state index in [4.69, 9.17) is 11.6 Å². The minimum atomic E-state index is -0.521. The molecule has 0 unspecified atom stereocenters. The number of anilines is 1. The Morgan fingerprint density at radius 1 is 0.889 bits per heavy atom. The van der Waals surface area contributed by atoms with Gasteiger partial charge in [0.25, 0.3) is 0 Å². The van der Waals surface area contributed by atoms with Crippen LogP contribution in [-0.2, 0) is 4.79 Å². The molecule has 2 bridgehead atoms. The topological polar surface area (TPSA) is 29.1 Å². The van der Waals surface area contributed by atoms with Crippen molar-refractivity contribution in [1.82, 2.24) is 0 Å². The lowest BCUT2D eigenvalue weighted by Crippen LogP contribution is -2.47. The summed E-state index contributed by atoms with van der Waals surface area (Å²) in [6, 6.07) is 24.6. The van der Waals surface area contributed by atoms with Crippen molar-refractivity contribution in [3.63, 3.8) is 0 Å². The zero-order valence-electron chi connectivity index (χ0n) is 15.1. The lowest BCUT2D eigenvalue weighted by molar-refractivity contribution is -0.126. The maximum atomic E-state index is 13.5. The molecule has 0 aliphatic heterocycles. The first-order chi connectivity index (χ1) is 13.1. The second-order valence-electron chi connectivity index (χ2n) is 7.80. The van der Waals surface area contributed by atoms with E-state index in [0.717, 1.165) is 6.42 Å². The molecule has 6 rings (SSSR count). The van der Waals surface area contributed by atoms with Crippen molar-refractivity contribution < 1.29 is 4.79 Å². The first-order valence-corrected chi connectivity index (χ1v) is 9.71. The summed E-state index contributed by atoms with van der Waals surface area (Å²) in [5.74, 6) is 0.344. The SMILES string of the molecule is C[C@]1(C(=O)Nc2ccccc2Cl)CC2c3ccccc3C1c1ccccc12. The molecule has 0 heterocycles. The number of benzene rings is 3. The highest BCUT2D eigenvalue weighted by atomic mass is 35.5. The maximum Gasteiger partial charge on any atom is 0.231 e. The average molecular weight is 374 g/mol. The number of fused-ring (bicyclic) bond motifs is 1. The summed E-state index contributed by atoms with van der Waals surface area (Å²) in [5.41, 5.74) is 5.45. The summed E-state index contributed by atoms with van der Waals surface area (Å²) in [7, 11) is 0. The Morgan fingerprint density at radius 3 is 2.00 bits per heavy atom. The van der Waals surface area contributed by atoms with Crippen molar-refractivity contribution in [3.05, 3.63) is 100 Å². The van der Waals surface area contributed by atoms with E-state index < -0.39 is 5.41 Å². The zero-order chi connectivity index (χ0) is 18.6. The van der Waals surface area contributed by atoms with Crippen LogP contribution in [0.5, 0.6) is 0 Å². The Balaban J connectivity index is 1.62. The number of para-hydroxylation sites is 1. The van der Waals surface area contributed by atoms with Gasteiger partial charge in [-0.3, -0.25) is 4.79 Å². The molecule has 0 fully saturated rings. The van der Waals surface area contributed by atoms with E-state index in [-0.39, 0.29) is 17.7 Å². The quantitative estimate of drug-likeness (QED) is 0.589. The molecular weight excluding hydrogens is 354 g/mol. The predicted octanol–water partition coefficient (Wildman–Crippen LogP) is 5.97. The van der Waals surface area contributed by atoms with Crippen LogP contribution in [0.25, 0.3) is 0 Å². The fraction of sp³-hybridized carbons (Fsp3) is 0.208. The molecule has 3 heteroatoms. The van der Waals surface area contributed by atoms with E-state index in [1.54, 1.807) is 6.07 Å². The van der Waals surface area contributed by atoms with Crippen molar-refractivity contribution in [2.75, 3.05) is 5.32 Å². The Hall–Kier alpha value is -2.58. The predicted molar refractivity (Wildman–Crippen MR) is 109 cm³/mol. The average Bonchev–Trinajstić information content (AvgIpc) is 2.70. The third-order valence-electron chi connectivity index (χ3n) is 6.27. The Bertz CT molecular complexity index is 1010. The van der Waals surface area contributed by atoms with E-state index in [2.05, 4.69) is 60.8 Å². The van der Waals surface area contributed by atoms with Gasteiger partial charge in [0.15, 0.2) is 0 Å². The van der Waals surface area contributed by atoms with Gasteiger partial charge in [-0.2, -0.15) is 0 Å². The van der Waals surface area contributed by atoms with Gasteiger partial charge < -0.3 is 5.32 Å². The number of hydrogen-bond acceptors (Lipinski definition) is 1. The monoisotopic (exact) mass is 373 g/mol. The van der Waals surface area contributed by atoms with E-state index in [1.807, 2.05) is 18.2 Å². The molecule has 27 heavy (non-hydrogen) atoms. The highest BCUT2D eigenvalue weighted by Crippen LogP contribution is 2.61. The van der Waals surface area contributed by atoms with Crippen LogP contribution in [0.3, 0.4) is 0 Å². The highest BCUT2D eigenvalue weighted by molar-refractivity contribution is 6.33. The van der Waals surface area contributed by atoms with Crippen LogP contribution in [0.4, 0.5) is 5.69 Å². The zero-order valence-corrected chi connectivity index (χ0v) is 15.8. The first-order valence-electron chi connectivity index (χ1n) is 9.33. The van der Waals surface area contributed by atoms with Crippen LogP contribution < -0.4 is 5.32 Å². The molecule has 3 aliphatic rings. The summed E-state index contributed by atoms with van der Waals surface area (Å²) < 4.78 is 0. The van der Waals surface area contributed by atoms with Gasteiger partial charge in [-0.05, 0) is 47.7 Å². The van der Waals surface area contributed by atoms with Gasteiger partial charge in [0.2, 0.25) is 5.91 Å². The van der Waals surface area contributed by atoms with Crippen molar-refractivity contribution in [3.8, 4) is 0 Å². The Morgan fingerprint density at radius 2 is 1.41 bits per heavy atom. The Kier molecular flexibility index (Phi) is 3.66. The van der Waals surface area contributed by atoms with E-state index >= 15 is 0 Å². The molecule has 134 valence electrons. The minimum absolute atomic E-state index is 0.0367. The lowest BCUT2D eigenvalue weighted by atomic mass is 9.52. The molecule has 1 atom stereocenters. The van der Waals surface area contributed by atoms with Crippen molar-refractivity contribution >= 4 is 23.2 Å². The van der Waals surface area contributed by atoms with Gasteiger partial charge in [0.05, 0.1) is 16.1 Å². The molecule has 3 aliphatic carbocycles. The van der Waals surface area contributed by atoms with Gasteiger partial charge in [-0.1, -0.05) is 72.3 Å². The molecule has 1 N–H and O–H groups in total. The number of hydrogen-bond donors (Lipinski definition) is 1. The molecule has 0 aromatic heterocycles. The Labute approximate surface area is 164 Å². The van der Waals surface area contributed by atoms with Crippen LogP contribution >= 0.6 is 11.6 Å². The largest absolute Gasteiger partial charge is 0.324 e. The van der Waals surface area contributed by atoms with Crippen LogP contribution in [0.1, 0.15) is 47.4 Å². The van der Waals surface area contributed by atoms with Crippen LogP contribution in [0, 0.1) is 5.41 Å². The van der Waals surface area contributed by atoms with Gasteiger partial charge >= 0.3 is 0 Å².